The Hall–Kier alpha value is -8.10. The number of fused-ring (bicyclic) bond motifs is 2. The zero-order valence-corrected chi connectivity index (χ0v) is 47.9. The lowest BCUT2D eigenvalue weighted by Crippen LogP contribution is -2.26. The summed E-state index contributed by atoms with van der Waals surface area (Å²) in [4.78, 5) is 33.3. The van der Waals surface area contributed by atoms with Gasteiger partial charge in [-0.15, -0.1) is 0 Å². The van der Waals surface area contributed by atoms with Crippen LogP contribution in [0.5, 0.6) is 23.0 Å². The van der Waals surface area contributed by atoms with Gasteiger partial charge in [-0.05, 0) is 157 Å². The molecule has 0 amide bonds. The molecule has 8 nitrogen and oxygen atoms in total. The van der Waals surface area contributed by atoms with E-state index in [9.17, 15) is 0 Å². The van der Waals surface area contributed by atoms with Gasteiger partial charge in [-0.1, -0.05) is 164 Å². The highest BCUT2D eigenvalue weighted by molar-refractivity contribution is 6.36. The number of carbonyl (C=O) groups excluding carboxylic acids is 2. The highest BCUT2D eigenvalue weighted by atomic mass is 16.5. The summed E-state index contributed by atoms with van der Waals surface area (Å²) in [5.41, 5.74) is 12.4. The van der Waals surface area contributed by atoms with E-state index in [4.69, 9.17) is 9.47 Å². The van der Waals surface area contributed by atoms with Crippen molar-refractivity contribution in [1.29, 1.82) is 0 Å². The van der Waals surface area contributed by atoms with Gasteiger partial charge >= 0.3 is 0 Å². The van der Waals surface area contributed by atoms with E-state index in [1.54, 1.807) is 0 Å². The van der Waals surface area contributed by atoms with Gasteiger partial charge in [0, 0.05) is 34.9 Å². The Morgan fingerprint density at radius 3 is 1.01 bits per heavy atom. The van der Waals surface area contributed by atoms with Crippen molar-refractivity contribution in [2.75, 3.05) is 21.3 Å². The van der Waals surface area contributed by atoms with E-state index in [2.05, 4.69) is 136 Å². The molecule has 11 rings (SSSR count). The van der Waals surface area contributed by atoms with Gasteiger partial charge in [0.1, 0.15) is 11.5 Å². The first-order chi connectivity index (χ1) is 38.5. The molecule has 0 unspecified atom stereocenters. The van der Waals surface area contributed by atoms with E-state index >= 15 is 9.59 Å². The lowest BCUT2D eigenvalue weighted by Gasteiger charge is -2.30. The van der Waals surface area contributed by atoms with Crippen LogP contribution >= 0.6 is 0 Å². The summed E-state index contributed by atoms with van der Waals surface area (Å²) in [6.45, 7) is 17.2. The summed E-state index contributed by atoms with van der Waals surface area (Å²) in [6, 6.07) is 53.2. The number of hydrogen-bond donors (Lipinski definition) is 4. The fourth-order valence-electron chi connectivity index (χ4n) is 11.8. The molecule has 3 aliphatic rings. The Bertz CT molecular complexity index is 3280. The molecule has 2 saturated carbocycles. The minimum Gasteiger partial charge on any atom is -0.455 e. The summed E-state index contributed by atoms with van der Waals surface area (Å²) in [7, 11) is 0. The van der Waals surface area contributed by atoms with E-state index < -0.39 is 0 Å². The van der Waals surface area contributed by atoms with E-state index in [-0.39, 0.29) is 44.7 Å². The molecule has 4 N–H and O–H groups in total. The molecule has 408 valence electrons. The molecule has 2 fully saturated rings. The van der Waals surface area contributed by atoms with Crippen molar-refractivity contribution < 1.29 is 19.1 Å². The number of benzene rings is 8. The molecule has 0 aromatic heterocycles. The highest BCUT2D eigenvalue weighted by Crippen LogP contribution is 2.52. The number of anilines is 8. The van der Waals surface area contributed by atoms with Crippen LogP contribution in [-0.2, 0) is 10.8 Å². The predicted octanol–water partition coefficient (Wildman–Crippen LogP) is 20.3. The van der Waals surface area contributed by atoms with Crippen molar-refractivity contribution >= 4 is 57.1 Å². The smallest absolute Gasteiger partial charge is 0.199 e. The molecule has 0 aliphatic heterocycles. The molecule has 8 heteroatoms. The minimum absolute atomic E-state index is 0.0789. The van der Waals surface area contributed by atoms with Crippen molar-refractivity contribution in [2.45, 2.75) is 142 Å². The number of aryl methyl sites for hydroxylation is 2. The Kier molecular flexibility index (Phi) is 15.2. The third kappa shape index (κ3) is 11.8. The molecule has 0 spiro atoms. The first-order valence-electron chi connectivity index (χ1n) is 29.0. The first-order valence-corrected chi connectivity index (χ1v) is 29.0. The number of carbonyl (C=O) groups is 2. The molecule has 0 saturated heterocycles. The van der Waals surface area contributed by atoms with Crippen LogP contribution < -0.4 is 30.7 Å². The molecule has 3 aliphatic carbocycles. The molecule has 0 heterocycles. The summed E-state index contributed by atoms with van der Waals surface area (Å²) in [6.07, 6.45) is 12.2. The second-order valence-electron chi connectivity index (χ2n) is 24.7. The van der Waals surface area contributed by atoms with Crippen LogP contribution in [-0.4, -0.2) is 11.6 Å². The Morgan fingerprint density at radius 1 is 0.375 bits per heavy atom. The molecular formula is C72H76N4O4. The summed E-state index contributed by atoms with van der Waals surface area (Å²) >= 11 is 0. The van der Waals surface area contributed by atoms with Crippen LogP contribution in [0.4, 0.5) is 45.5 Å². The van der Waals surface area contributed by atoms with E-state index in [1.807, 2.05) is 98.8 Å². The Balaban J connectivity index is 1.14. The number of rotatable bonds is 14. The molecule has 8 aromatic rings. The normalized spacial score (nSPS) is 14.9. The highest BCUT2D eigenvalue weighted by Gasteiger charge is 2.41. The van der Waals surface area contributed by atoms with Gasteiger partial charge in [-0.2, -0.15) is 0 Å². The quantitative estimate of drug-likeness (QED) is 0.0855. The fourth-order valence-corrected chi connectivity index (χ4v) is 11.8. The molecule has 80 heavy (non-hydrogen) atoms. The van der Waals surface area contributed by atoms with Gasteiger partial charge in [0.15, 0.2) is 23.1 Å². The fraction of sp³-hybridized carbons (Fsp3) is 0.306. The molecule has 0 atom stereocenters. The van der Waals surface area contributed by atoms with E-state index in [1.165, 1.54) is 75.3 Å². The van der Waals surface area contributed by atoms with E-state index in [0.29, 0.717) is 57.6 Å². The SMILES string of the molecule is Cc1ccc(Nc2c(Oc3ccc(C(C)(C)C)cc3)cc(Nc3ccc(C4CCCCC4)cc3)c3c2C(=O)c2c(Nc4ccc(C5CCCCC5)cc4)cc(Oc4ccc(C(C)(C)C)cc4)c(Nc4ccc(C)cc4)c2C3=O)cc1. The standard InChI is InChI=1S/C72H76N4O4/c1-45-19-31-55(32-20-45)75-67-61(79-57-39-27-51(28-40-57)71(3,4)5)43-59(73-53-35-23-49(24-36-53)47-15-11-9-12-16-47)63-65(67)69(77)64-60(74-54-37-25-50(26-38-54)48-17-13-10-14-18-48)44-62(80-58-41-29-52(30-42-58)72(6,7)8)68(66(64)70(63)78)76-56-33-21-46(2)22-34-56/h19-44,47-48,73-76H,9-18H2,1-8H3. The first kappa shape index (κ1) is 53.9. The summed E-state index contributed by atoms with van der Waals surface area (Å²) in [5.74, 6) is 2.25. The predicted molar refractivity (Wildman–Crippen MR) is 330 cm³/mol. The van der Waals surface area contributed by atoms with Crippen molar-refractivity contribution in [3.05, 3.63) is 213 Å². The average Bonchev–Trinajstić information content (AvgIpc) is 3.47. The number of ketones is 2. The van der Waals surface area contributed by atoms with Gasteiger partial charge in [0.2, 0.25) is 0 Å². The molecule has 0 radical (unpaired) electrons. The Morgan fingerprint density at radius 2 is 0.688 bits per heavy atom. The number of ether oxygens (including phenoxy) is 2. The number of hydrogen-bond acceptors (Lipinski definition) is 8. The largest absolute Gasteiger partial charge is 0.455 e. The van der Waals surface area contributed by atoms with Gasteiger partial charge in [-0.3, -0.25) is 9.59 Å². The third-order valence-electron chi connectivity index (χ3n) is 16.6. The second kappa shape index (κ2) is 22.6. The second-order valence-corrected chi connectivity index (χ2v) is 24.7. The Labute approximate surface area is 473 Å². The van der Waals surface area contributed by atoms with Crippen molar-refractivity contribution in [3.8, 4) is 23.0 Å². The van der Waals surface area contributed by atoms with Crippen molar-refractivity contribution in [2.24, 2.45) is 0 Å². The molecule has 0 bridgehead atoms. The van der Waals surface area contributed by atoms with Crippen molar-refractivity contribution in [3.63, 3.8) is 0 Å². The minimum atomic E-state index is -0.359. The van der Waals surface area contributed by atoms with Crippen molar-refractivity contribution in [1.82, 2.24) is 0 Å². The lowest BCUT2D eigenvalue weighted by molar-refractivity contribution is 0.0981. The maximum absolute atomic E-state index is 16.6. The van der Waals surface area contributed by atoms with Crippen LogP contribution in [0.25, 0.3) is 0 Å². The zero-order chi connectivity index (χ0) is 55.7. The van der Waals surface area contributed by atoms with Gasteiger partial charge < -0.3 is 30.7 Å². The summed E-state index contributed by atoms with van der Waals surface area (Å²) in [5, 5.41) is 14.6. The van der Waals surface area contributed by atoms with Gasteiger partial charge in [0.25, 0.3) is 0 Å². The maximum atomic E-state index is 16.6. The van der Waals surface area contributed by atoms with Gasteiger partial charge in [-0.25, -0.2) is 0 Å². The summed E-state index contributed by atoms with van der Waals surface area (Å²) < 4.78 is 14.0. The third-order valence-corrected chi connectivity index (χ3v) is 16.6. The molecule has 8 aromatic carbocycles. The zero-order valence-electron chi connectivity index (χ0n) is 47.9. The monoisotopic (exact) mass is 1060 g/mol. The average molecular weight is 1060 g/mol. The van der Waals surface area contributed by atoms with Crippen LogP contribution in [0.15, 0.2) is 158 Å². The van der Waals surface area contributed by atoms with Crippen LogP contribution in [0.1, 0.15) is 183 Å². The van der Waals surface area contributed by atoms with Gasteiger partial charge in [0.05, 0.1) is 45.0 Å². The number of nitrogens with one attached hydrogen (secondary N) is 4. The maximum Gasteiger partial charge on any atom is 0.199 e. The van der Waals surface area contributed by atoms with E-state index in [0.717, 1.165) is 45.0 Å². The molecular weight excluding hydrogens is 985 g/mol. The topological polar surface area (TPSA) is 101 Å². The van der Waals surface area contributed by atoms with Crippen LogP contribution in [0.2, 0.25) is 0 Å². The van der Waals surface area contributed by atoms with Crippen LogP contribution in [0.3, 0.4) is 0 Å². The van der Waals surface area contributed by atoms with Crippen LogP contribution in [0, 0.1) is 13.8 Å². The lowest BCUT2D eigenvalue weighted by atomic mass is 9.79.